The number of rotatable bonds is 5. The van der Waals surface area contributed by atoms with Gasteiger partial charge in [-0.3, -0.25) is 4.90 Å². The van der Waals surface area contributed by atoms with Crippen molar-refractivity contribution in [2.24, 2.45) is 11.3 Å². The molecule has 1 nitrogen and oxygen atoms in total. The summed E-state index contributed by atoms with van der Waals surface area (Å²) in [7, 11) is 0. The Kier molecular flexibility index (Phi) is 6.93. The average Bonchev–Trinajstić information content (AvgIpc) is 2.49. The Morgan fingerprint density at radius 2 is 1.29 bits per heavy atom. The summed E-state index contributed by atoms with van der Waals surface area (Å²) in [6.45, 7) is 8.47. The van der Waals surface area contributed by atoms with E-state index in [1.807, 2.05) is 0 Å². The van der Waals surface area contributed by atoms with Gasteiger partial charge < -0.3 is 0 Å². The van der Waals surface area contributed by atoms with Crippen molar-refractivity contribution in [1.82, 2.24) is 4.90 Å². The molecule has 0 amide bonds. The zero-order valence-corrected chi connectivity index (χ0v) is 15.5. The van der Waals surface area contributed by atoms with Crippen molar-refractivity contribution in [1.29, 1.82) is 0 Å². The highest BCUT2D eigenvalue weighted by atomic mass is 32.1. The summed E-state index contributed by atoms with van der Waals surface area (Å²) >= 11 is 4.68. The molecule has 0 aromatic rings. The standard InChI is InChI=1S/C19H37NS/c1-19(2,3)16(15-21)14-20(17-10-6-4-7-11-17)18-12-8-5-9-13-18/h16-18,21H,4-15H2,1-3H3. The molecule has 21 heavy (non-hydrogen) atoms. The van der Waals surface area contributed by atoms with Gasteiger partial charge in [-0.15, -0.1) is 0 Å². The first-order valence-corrected chi connectivity index (χ1v) is 10.0. The first-order chi connectivity index (χ1) is 10.0. The molecule has 0 spiro atoms. The van der Waals surface area contributed by atoms with Crippen LogP contribution in [0.3, 0.4) is 0 Å². The highest BCUT2D eigenvalue weighted by Gasteiger charge is 2.33. The molecule has 0 heterocycles. The maximum absolute atomic E-state index is 4.68. The summed E-state index contributed by atoms with van der Waals surface area (Å²) in [5, 5.41) is 0. The van der Waals surface area contributed by atoms with Crippen molar-refractivity contribution < 1.29 is 0 Å². The first-order valence-electron chi connectivity index (χ1n) is 9.39. The van der Waals surface area contributed by atoms with E-state index in [1.54, 1.807) is 0 Å². The van der Waals surface area contributed by atoms with E-state index in [2.05, 4.69) is 38.3 Å². The van der Waals surface area contributed by atoms with Crippen LogP contribution in [0.25, 0.3) is 0 Å². The Balaban J connectivity index is 2.06. The summed E-state index contributed by atoms with van der Waals surface area (Å²) in [5.41, 5.74) is 0.378. The SMILES string of the molecule is CC(C)(C)C(CS)CN(C1CCCCC1)C1CCCCC1. The van der Waals surface area contributed by atoms with Gasteiger partial charge in [0.15, 0.2) is 0 Å². The molecule has 0 N–H and O–H groups in total. The lowest BCUT2D eigenvalue weighted by Gasteiger charge is -2.45. The van der Waals surface area contributed by atoms with Crippen molar-refractivity contribution in [3.63, 3.8) is 0 Å². The van der Waals surface area contributed by atoms with Crippen LogP contribution in [0.2, 0.25) is 0 Å². The molecule has 0 aromatic heterocycles. The van der Waals surface area contributed by atoms with Crippen LogP contribution >= 0.6 is 12.6 Å². The number of hydrogen-bond acceptors (Lipinski definition) is 2. The Morgan fingerprint density at radius 1 is 0.857 bits per heavy atom. The summed E-state index contributed by atoms with van der Waals surface area (Å²) in [6.07, 6.45) is 14.5. The number of nitrogens with zero attached hydrogens (tertiary/aromatic N) is 1. The van der Waals surface area contributed by atoms with Crippen molar-refractivity contribution in [2.75, 3.05) is 12.3 Å². The van der Waals surface area contributed by atoms with E-state index in [0.717, 1.165) is 17.8 Å². The third-order valence-corrected chi connectivity index (χ3v) is 6.40. The molecule has 124 valence electrons. The monoisotopic (exact) mass is 311 g/mol. The third kappa shape index (κ3) is 5.16. The minimum Gasteiger partial charge on any atom is -0.297 e. The molecule has 0 bridgehead atoms. The van der Waals surface area contributed by atoms with Gasteiger partial charge in [0.1, 0.15) is 0 Å². The van der Waals surface area contributed by atoms with Gasteiger partial charge in [0, 0.05) is 18.6 Å². The molecule has 2 aliphatic rings. The fraction of sp³-hybridized carbons (Fsp3) is 1.00. The van der Waals surface area contributed by atoms with Crippen LogP contribution in [0, 0.1) is 11.3 Å². The predicted molar refractivity (Wildman–Crippen MR) is 97.3 cm³/mol. The van der Waals surface area contributed by atoms with Gasteiger partial charge in [-0.2, -0.15) is 12.6 Å². The smallest absolute Gasteiger partial charge is 0.00983 e. The zero-order valence-electron chi connectivity index (χ0n) is 14.6. The molecule has 2 aliphatic carbocycles. The highest BCUT2D eigenvalue weighted by molar-refractivity contribution is 7.80. The number of hydrogen-bond donors (Lipinski definition) is 1. The van der Waals surface area contributed by atoms with Crippen LogP contribution in [-0.2, 0) is 0 Å². The second-order valence-corrected chi connectivity index (χ2v) is 8.89. The van der Waals surface area contributed by atoms with Crippen molar-refractivity contribution in [2.45, 2.75) is 97.1 Å². The van der Waals surface area contributed by atoms with Gasteiger partial charge in [-0.1, -0.05) is 59.3 Å². The first kappa shape index (κ1) is 17.7. The molecule has 0 aromatic carbocycles. The predicted octanol–water partition coefficient (Wildman–Crippen LogP) is 5.55. The fourth-order valence-corrected chi connectivity index (χ4v) is 4.94. The molecular formula is C19H37NS. The Hall–Kier alpha value is 0.310. The largest absolute Gasteiger partial charge is 0.297 e. The second-order valence-electron chi connectivity index (χ2n) is 8.53. The molecule has 0 aliphatic heterocycles. The quantitative estimate of drug-likeness (QED) is 0.652. The van der Waals surface area contributed by atoms with Crippen molar-refractivity contribution in [3.05, 3.63) is 0 Å². The fourth-order valence-electron chi connectivity index (χ4n) is 4.28. The Labute approximate surface area is 138 Å². The maximum atomic E-state index is 4.68. The minimum atomic E-state index is 0.378. The molecule has 1 atom stereocenters. The molecule has 1 unspecified atom stereocenters. The molecular weight excluding hydrogens is 274 g/mol. The van der Waals surface area contributed by atoms with Gasteiger partial charge in [0.2, 0.25) is 0 Å². The molecule has 2 heteroatoms. The Bertz CT molecular complexity index is 266. The summed E-state index contributed by atoms with van der Waals surface area (Å²) in [6, 6.07) is 1.73. The molecule has 0 radical (unpaired) electrons. The lowest BCUT2D eigenvalue weighted by molar-refractivity contribution is 0.0471. The van der Waals surface area contributed by atoms with Crippen LogP contribution in [0.1, 0.15) is 85.0 Å². The van der Waals surface area contributed by atoms with Gasteiger partial charge in [-0.05, 0) is 42.8 Å². The van der Waals surface area contributed by atoms with Crippen molar-refractivity contribution in [3.8, 4) is 0 Å². The van der Waals surface area contributed by atoms with Gasteiger partial charge in [0.05, 0.1) is 0 Å². The van der Waals surface area contributed by atoms with E-state index in [0.29, 0.717) is 11.3 Å². The lowest BCUT2D eigenvalue weighted by atomic mass is 9.80. The van der Waals surface area contributed by atoms with Gasteiger partial charge >= 0.3 is 0 Å². The maximum Gasteiger partial charge on any atom is 0.00983 e. The van der Waals surface area contributed by atoms with Gasteiger partial charge in [0.25, 0.3) is 0 Å². The van der Waals surface area contributed by atoms with Crippen LogP contribution < -0.4 is 0 Å². The normalized spacial score (nSPS) is 24.4. The molecule has 2 rings (SSSR count). The van der Waals surface area contributed by atoms with E-state index in [4.69, 9.17) is 0 Å². The second kappa shape index (κ2) is 8.24. The van der Waals surface area contributed by atoms with Crippen LogP contribution in [0.5, 0.6) is 0 Å². The van der Waals surface area contributed by atoms with E-state index in [1.165, 1.54) is 70.8 Å². The van der Waals surface area contributed by atoms with Crippen molar-refractivity contribution >= 4 is 12.6 Å². The molecule has 2 fully saturated rings. The third-order valence-electron chi connectivity index (χ3n) is 5.96. The minimum absolute atomic E-state index is 0.378. The van der Waals surface area contributed by atoms with Crippen LogP contribution in [0.4, 0.5) is 0 Å². The van der Waals surface area contributed by atoms with Gasteiger partial charge in [-0.25, -0.2) is 0 Å². The summed E-state index contributed by atoms with van der Waals surface area (Å²) in [4.78, 5) is 2.95. The zero-order chi connectivity index (χ0) is 15.3. The molecule has 2 saturated carbocycles. The van der Waals surface area contributed by atoms with Crippen LogP contribution in [-0.4, -0.2) is 29.3 Å². The summed E-state index contributed by atoms with van der Waals surface area (Å²) in [5.74, 6) is 1.74. The van der Waals surface area contributed by atoms with E-state index < -0.39 is 0 Å². The van der Waals surface area contributed by atoms with E-state index in [9.17, 15) is 0 Å². The topological polar surface area (TPSA) is 3.24 Å². The molecule has 0 saturated heterocycles. The Morgan fingerprint density at radius 3 is 1.62 bits per heavy atom. The van der Waals surface area contributed by atoms with E-state index in [-0.39, 0.29) is 0 Å². The number of thiol groups is 1. The lowest BCUT2D eigenvalue weighted by Crippen LogP contribution is -2.49. The van der Waals surface area contributed by atoms with E-state index >= 15 is 0 Å². The van der Waals surface area contributed by atoms with Crippen LogP contribution in [0.15, 0.2) is 0 Å². The highest BCUT2D eigenvalue weighted by Crippen LogP contribution is 2.34. The average molecular weight is 312 g/mol. The summed E-state index contributed by atoms with van der Waals surface area (Å²) < 4.78 is 0.